The van der Waals surface area contributed by atoms with Crippen LogP contribution in [0.4, 0.5) is 0 Å². The number of aliphatic hydroxyl groups is 1. The van der Waals surface area contributed by atoms with Gasteiger partial charge in [-0.25, -0.2) is 9.59 Å². The lowest BCUT2D eigenvalue weighted by molar-refractivity contribution is -0.159. The quantitative estimate of drug-likeness (QED) is 0.455. The van der Waals surface area contributed by atoms with E-state index in [1.165, 1.54) is 0 Å². The molecule has 0 saturated heterocycles. The number of carboxylic acid groups (broad SMARTS) is 2. The molecule has 5 N–H and O–H groups in total. The van der Waals surface area contributed by atoms with E-state index in [0.717, 1.165) is 30.8 Å². The van der Waals surface area contributed by atoms with Crippen molar-refractivity contribution in [2.24, 2.45) is 5.73 Å². The summed E-state index contributed by atoms with van der Waals surface area (Å²) in [6, 6.07) is 7.26. The summed E-state index contributed by atoms with van der Waals surface area (Å²) in [5, 5.41) is 23.7. The lowest BCUT2D eigenvalue weighted by Crippen LogP contribution is -2.14. The van der Waals surface area contributed by atoms with Crippen molar-refractivity contribution >= 4 is 11.9 Å². The summed E-state index contributed by atoms with van der Waals surface area (Å²) < 4.78 is 5.51. The summed E-state index contributed by atoms with van der Waals surface area (Å²) in [4.78, 5) is 18.2. The van der Waals surface area contributed by atoms with Gasteiger partial charge in [-0.15, -0.1) is 0 Å². The molecule has 1 aromatic carbocycles. The number of hydrogen-bond acceptors (Lipinski definition) is 5. The zero-order chi connectivity index (χ0) is 16.3. The monoisotopic (exact) mass is 299 g/mol. The number of nitrogens with two attached hydrogens (primary N) is 1. The number of ether oxygens (including phenoxy) is 1. The molecule has 1 atom stereocenters. The Morgan fingerprint density at radius 3 is 2.10 bits per heavy atom. The molecule has 1 aromatic rings. The van der Waals surface area contributed by atoms with Crippen LogP contribution in [0.3, 0.4) is 0 Å². The highest BCUT2D eigenvalue weighted by molar-refractivity contribution is 6.27. The molecule has 0 heterocycles. The summed E-state index contributed by atoms with van der Waals surface area (Å²) in [7, 11) is 0. The van der Waals surface area contributed by atoms with Gasteiger partial charge in [-0.05, 0) is 24.1 Å². The molecule has 0 fully saturated rings. The molecule has 0 saturated carbocycles. The van der Waals surface area contributed by atoms with Crippen LogP contribution in [0.15, 0.2) is 24.3 Å². The van der Waals surface area contributed by atoms with Gasteiger partial charge in [-0.2, -0.15) is 0 Å². The minimum atomic E-state index is -1.82. The molecule has 1 unspecified atom stereocenters. The van der Waals surface area contributed by atoms with Crippen molar-refractivity contribution in [3.8, 4) is 5.75 Å². The van der Waals surface area contributed by atoms with Crippen LogP contribution < -0.4 is 10.5 Å². The molecule has 0 amide bonds. The first kappa shape index (κ1) is 18.9. The van der Waals surface area contributed by atoms with E-state index in [9.17, 15) is 0 Å². The highest BCUT2D eigenvalue weighted by atomic mass is 16.5. The Morgan fingerprint density at radius 1 is 1.19 bits per heavy atom. The third-order valence-electron chi connectivity index (χ3n) is 2.45. The molecule has 7 heteroatoms. The number of benzene rings is 1. The zero-order valence-corrected chi connectivity index (χ0v) is 11.9. The summed E-state index contributed by atoms with van der Waals surface area (Å²) in [5.74, 6) is -2.79. The normalized spacial score (nSPS) is 11.0. The van der Waals surface area contributed by atoms with Crippen LogP contribution in [0, 0.1) is 0 Å². The van der Waals surface area contributed by atoms with E-state index in [-0.39, 0.29) is 12.6 Å². The Balaban J connectivity index is 0.000000567. The molecular formula is C14H21NO6. The minimum absolute atomic E-state index is 0.0317. The molecule has 0 radical (unpaired) electrons. The molecule has 118 valence electrons. The van der Waals surface area contributed by atoms with Gasteiger partial charge in [0, 0.05) is 0 Å². The number of rotatable bonds is 6. The Labute approximate surface area is 123 Å². The minimum Gasteiger partial charge on any atom is -0.494 e. The van der Waals surface area contributed by atoms with Crippen LogP contribution in [-0.2, 0) is 9.59 Å². The molecule has 0 aliphatic carbocycles. The molecule has 0 aliphatic heterocycles. The van der Waals surface area contributed by atoms with E-state index in [0.29, 0.717) is 0 Å². The second-order valence-electron chi connectivity index (χ2n) is 4.17. The van der Waals surface area contributed by atoms with Crippen molar-refractivity contribution < 1.29 is 29.6 Å². The van der Waals surface area contributed by atoms with Crippen LogP contribution in [0.25, 0.3) is 0 Å². The maximum atomic E-state index is 9.10. The maximum Gasteiger partial charge on any atom is 0.414 e. The van der Waals surface area contributed by atoms with E-state index in [1.54, 1.807) is 0 Å². The van der Waals surface area contributed by atoms with Crippen LogP contribution in [0.1, 0.15) is 31.4 Å². The molecule has 7 nitrogen and oxygen atoms in total. The zero-order valence-electron chi connectivity index (χ0n) is 11.9. The SMILES string of the molecule is CCCCOc1ccc(C(N)CO)cc1.O=C(O)C(=O)O. The predicted molar refractivity (Wildman–Crippen MR) is 76.1 cm³/mol. The molecular weight excluding hydrogens is 278 g/mol. The number of aliphatic carboxylic acids is 2. The number of carbonyl (C=O) groups is 2. The van der Waals surface area contributed by atoms with Gasteiger partial charge in [0.2, 0.25) is 0 Å². The summed E-state index contributed by atoms with van der Waals surface area (Å²) in [6.45, 7) is 2.85. The first-order chi connectivity index (χ1) is 9.92. The standard InChI is InChI=1S/C12H19NO2.C2H2O4/c1-2-3-8-15-11-6-4-10(5-7-11)12(13)9-14;3-1(4)2(5)6/h4-7,12,14H,2-3,8-9,13H2,1H3;(H,3,4)(H,5,6). The Morgan fingerprint density at radius 2 is 1.71 bits per heavy atom. The van der Waals surface area contributed by atoms with Crippen LogP contribution in [0.2, 0.25) is 0 Å². The molecule has 0 bridgehead atoms. The van der Waals surface area contributed by atoms with E-state index in [4.69, 9.17) is 35.4 Å². The largest absolute Gasteiger partial charge is 0.494 e. The Bertz CT molecular complexity index is 420. The molecule has 0 aromatic heterocycles. The van der Waals surface area contributed by atoms with Crippen LogP contribution in [0.5, 0.6) is 5.75 Å². The van der Waals surface area contributed by atoms with Crippen molar-refractivity contribution in [2.75, 3.05) is 13.2 Å². The Hall–Kier alpha value is -2.12. The fraction of sp³-hybridized carbons (Fsp3) is 0.429. The van der Waals surface area contributed by atoms with Gasteiger partial charge in [0.05, 0.1) is 19.3 Å². The van der Waals surface area contributed by atoms with Crippen LogP contribution >= 0.6 is 0 Å². The fourth-order valence-electron chi connectivity index (χ4n) is 1.25. The lowest BCUT2D eigenvalue weighted by Gasteiger charge is -2.10. The molecule has 0 aliphatic rings. The van der Waals surface area contributed by atoms with Gasteiger partial charge in [-0.3, -0.25) is 0 Å². The van der Waals surface area contributed by atoms with Gasteiger partial charge in [0.25, 0.3) is 0 Å². The van der Waals surface area contributed by atoms with Crippen molar-refractivity contribution in [3.63, 3.8) is 0 Å². The van der Waals surface area contributed by atoms with Gasteiger partial charge in [0.1, 0.15) is 5.75 Å². The van der Waals surface area contributed by atoms with E-state index >= 15 is 0 Å². The van der Waals surface area contributed by atoms with Crippen LogP contribution in [-0.4, -0.2) is 40.5 Å². The molecule has 1 rings (SSSR count). The number of unbranched alkanes of at least 4 members (excludes halogenated alkanes) is 1. The average molecular weight is 299 g/mol. The third-order valence-corrected chi connectivity index (χ3v) is 2.45. The number of aliphatic hydroxyl groups excluding tert-OH is 1. The highest BCUT2D eigenvalue weighted by Crippen LogP contribution is 2.16. The average Bonchev–Trinajstić information content (AvgIpc) is 2.48. The number of carboxylic acids is 2. The van der Waals surface area contributed by atoms with Crippen molar-refractivity contribution in [1.82, 2.24) is 0 Å². The maximum absolute atomic E-state index is 9.10. The van der Waals surface area contributed by atoms with Gasteiger partial charge in [-0.1, -0.05) is 25.5 Å². The lowest BCUT2D eigenvalue weighted by atomic mass is 10.1. The first-order valence-corrected chi connectivity index (χ1v) is 6.47. The predicted octanol–water partition coefficient (Wildman–Crippen LogP) is 1.01. The summed E-state index contributed by atoms with van der Waals surface area (Å²) in [5.41, 5.74) is 6.61. The Kier molecular flexibility index (Phi) is 9.57. The number of hydrogen-bond donors (Lipinski definition) is 4. The smallest absolute Gasteiger partial charge is 0.414 e. The molecule has 0 spiro atoms. The first-order valence-electron chi connectivity index (χ1n) is 6.47. The second-order valence-corrected chi connectivity index (χ2v) is 4.17. The van der Waals surface area contributed by atoms with E-state index in [2.05, 4.69) is 6.92 Å². The topological polar surface area (TPSA) is 130 Å². The van der Waals surface area contributed by atoms with E-state index < -0.39 is 11.9 Å². The summed E-state index contributed by atoms with van der Waals surface area (Å²) >= 11 is 0. The second kappa shape index (κ2) is 10.6. The van der Waals surface area contributed by atoms with Gasteiger partial charge >= 0.3 is 11.9 Å². The fourth-order valence-corrected chi connectivity index (χ4v) is 1.25. The van der Waals surface area contributed by atoms with E-state index in [1.807, 2.05) is 24.3 Å². The summed E-state index contributed by atoms with van der Waals surface area (Å²) in [6.07, 6.45) is 2.20. The van der Waals surface area contributed by atoms with Crippen molar-refractivity contribution in [3.05, 3.63) is 29.8 Å². The molecule has 21 heavy (non-hydrogen) atoms. The van der Waals surface area contributed by atoms with Crippen molar-refractivity contribution in [2.45, 2.75) is 25.8 Å². The highest BCUT2D eigenvalue weighted by Gasteiger charge is 2.04. The van der Waals surface area contributed by atoms with Gasteiger partial charge in [0.15, 0.2) is 0 Å². The van der Waals surface area contributed by atoms with Crippen molar-refractivity contribution in [1.29, 1.82) is 0 Å². The van der Waals surface area contributed by atoms with Gasteiger partial charge < -0.3 is 25.8 Å². The third kappa shape index (κ3) is 8.61.